The van der Waals surface area contributed by atoms with Gasteiger partial charge in [0.05, 0.1) is 26.3 Å². The second-order valence-electron chi connectivity index (χ2n) is 7.92. The molecule has 0 spiro atoms. The SMILES string of the molecule is COc1ccc(-c2nc(CC(=O)NCc3ccccc3CN3CCCC3)cs2)cc1OC. The van der Waals surface area contributed by atoms with Crippen LogP contribution in [0.2, 0.25) is 0 Å². The highest BCUT2D eigenvalue weighted by Gasteiger charge is 2.15. The average Bonchev–Trinajstić information content (AvgIpc) is 3.50. The maximum absolute atomic E-state index is 12.6. The number of likely N-dealkylation sites (tertiary alicyclic amines) is 1. The van der Waals surface area contributed by atoms with Gasteiger partial charge in [0, 0.05) is 24.0 Å². The number of rotatable bonds is 9. The van der Waals surface area contributed by atoms with E-state index in [1.54, 1.807) is 14.2 Å². The quantitative estimate of drug-likeness (QED) is 0.526. The second kappa shape index (κ2) is 10.6. The Morgan fingerprint density at radius 2 is 1.81 bits per heavy atom. The Kier molecular flexibility index (Phi) is 7.39. The van der Waals surface area contributed by atoms with Gasteiger partial charge in [0.15, 0.2) is 11.5 Å². The van der Waals surface area contributed by atoms with E-state index in [1.807, 2.05) is 29.6 Å². The predicted molar refractivity (Wildman–Crippen MR) is 127 cm³/mol. The fourth-order valence-electron chi connectivity index (χ4n) is 3.98. The maximum atomic E-state index is 12.6. The fourth-order valence-corrected chi connectivity index (χ4v) is 4.79. The molecule has 0 atom stereocenters. The highest BCUT2D eigenvalue weighted by Crippen LogP contribution is 2.33. The van der Waals surface area contributed by atoms with Crippen LogP contribution in [0.1, 0.15) is 29.7 Å². The van der Waals surface area contributed by atoms with E-state index in [4.69, 9.17) is 9.47 Å². The Hall–Kier alpha value is -2.90. The smallest absolute Gasteiger partial charge is 0.226 e. The molecule has 4 rings (SSSR count). The fraction of sp³-hybridized carbons (Fsp3) is 0.360. The molecule has 1 aromatic heterocycles. The molecule has 3 aromatic rings. The van der Waals surface area contributed by atoms with Gasteiger partial charge in [0.25, 0.3) is 0 Å². The maximum Gasteiger partial charge on any atom is 0.226 e. The van der Waals surface area contributed by atoms with Crippen LogP contribution in [0, 0.1) is 0 Å². The zero-order chi connectivity index (χ0) is 22.3. The summed E-state index contributed by atoms with van der Waals surface area (Å²) in [5.74, 6) is 1.31. The van der Waals surface area contributed by atoms with Crippen molar-refractivity contribution in [2.75, 3.05) is 27.3 Å². The van der Waals surface area contributed by atoms with Gasteiger partial charge in [-0.1, -0.05) is 24.3 Å². The lowest BCUT2D eigenvalue weighted by Crippen LogP contribution is -2.26. The minimum absolute atomic E-state index is 0.0230. The molecule has 0 radical (unpaired) electrons. The van der Waals surface area contributed by atoms with E-state index in [-0.39, 0.29) is 12.3 Å². The normalized spacial score (nSPS) is 13.8. The Labute approximate surface area is 193 Å². The summed E-state index contributed by atoms with van der Waals surface area (Å²) in [6.07, 6.45) is 2.81. The lowest BCUT2D eigenvalue weighted by atomic mass is 10.1. The van der Waals surface area contributed by atoms with Gasteiger partial charge >= 0.3 is 0 Å². The van der Waals surface area contributed by atoms with Gasteiger partial charge in [0.1, 0.15) is 5.01 Å². The minimum Gasteiger partial charge on any atom is -0.493 e. The van der Waals surface area contributed by atoms with Crippen LogP contribution in [0.25, 0.3) is 10.6 Å². The first-order valence-electron chi connectivity index (χ1n) is 10.9. The molecule has 0 unspecified atom stereocenters. The average molecular weight is 452 g/mol. The van der Waals surface area contributed by atoms with Gasteiger partial charge < -0.3 is 14.8 Å². The number of carbonyl (C=O) groups excluding carboxylic acids is 1. The van der Waals surface area contributed by atoms with Crippen molar-refractivity contribution < 1.29 is 14.3 Å². The molecule has 0 bridgehead atoms. The molecule has 2 aromatic carbocycles. The molecular weight excluding hydrogens is 422 g/mol. The molecule has 32 heavy (non-hydrogen) atoms. The minimum atomic E-state index is -0.0230. The van der Waals surface area contributed by atoms with E-state index in [2.05, 4.69) is 33.4 Å². The van der Waals surface area contributed by atoms with Crippen LogP contribution < -0.4 is 14.8 Å². The third-order valence-electron chi connectivity index (χ3n) is 5.71. The summed E-state index contributed by atoms with van der Waals surface area (Å²) in [5, 5.41) is 5.85. The lowest BCUT2D eigenvalue weighted by Gasteiger charge is -2.17. The van der Waals surface area contributed by atoms with E-state index < -0.39 is 0 Å². The van der Waals surface area contributed by atoms with E-state index in [0.29, 0.717) is 18.0 Å². The molecule has 1 saturated heterocycles. The van der Waals surface area contributed by atoms with Gasteiger partial charge in [-0.3, -0.25) is 9.69 Å². The first kappa shape index (κ1) is 22.3. The largest absolute Gasteiger partial charge is 0.493 e. The summed E-state index contributed by atoms with van der Waals surface area (Å²) in [4.78, 5) is 19.7. The number of nitrogens with one attached hydrogen (secondary N) is 1. The van der Waals surface area contributed by atoms with Crippen LogP contribution in [0.3, 0.4) is 0 Å². The third kappa shape index (κ3) is 5.47. The number of methoxy groups -OCH3 is 2. The van der Waals surface area contributed by atoms with Crippen molar-refractivity contribution in [2.45, 2.75) is 32.4 Å². The number of carbonyl (C=O) groups is 1. The van der Waals surface area contributed by atoms with Crippen LogP contribution in [-0.2, 0) is 24.3 Å². The van der Waals surface area contributed by atoms with Crippen molar-refractivity contribution in [3.05, 3.63) is 64.7 Å². The highest BCUT2D eigenvalue weighted by molar-refractivity contribution is 7.13. The van der Waals surface area contributed by atoms with Crippen molar-refractivity contribution in [3.63, 3.8) is 0 Å². The van der Waals surface area contributed by atoms with E-state index in [9.17, 15) is 4.79 Å². The molecule has 2 heterocycles. The summed E-state index contributed by atoms with van der Waals surface area (Å²) < 4.78 is 10.7. The number of thiazole rings is 1. The van der Waals surface area contributed by atoms with Crippen LogP contribution in [0.15, 0.2) is 47.8 Å². The monoisotopic (exact) mass is 451 g/mol. The van der Waals surface area contributed by atoms with E-state index in [0.717, 1.165) is 35.9 Å². The first-order chi connectivity index (χ1) is 15.7. The number of hydrogen-bond donors (Lipinski definition) is 1. The molecule has 1 N–H and O–H groups in total. The summed E-state index contributed by atoms with van der Waals surface area (Å²) in [5.41, 5.74) is 4.17. The van der Waals surface area contributed by atoms with Crippen molar-refractivity contribution in [1.82, 2.24) is 15.2 Å². The molecule has 1 aliphatic heterocycles. The Balaban J connectivity index is 1.35. The zero-order valence-electron chi connectivity index (χ0n) is 18.6. The van der Waals surface area contributed by atoms with Gasteiger partial charge in [-0.2, -0.15) is 0 Å². The zero-order valence-corrected chi connectivity index (χ0v) is 19.4. The standard InChI is InChI=1S/C25H29N3O3S/c1-30-22-10-9-18(13-23(22)31-2)25-27-21(17-32-25)14-24(29)26-15-19-7-3-4-8-20(19)16-28-11-5-6-12-28/h3-4,7-10,13,17H,5-6,11-12,14-16H2,1-2H3,(H,26,29). The van der Waals surface area contributed by atoms with Crippen molar-refractivity contribution in [1.29, 1.82) is 0 Å². The number of hydrogen-bond acceptors (Lipinski definition) is 6. The van der Waals surface area contributed by atoms with Crippen LogP contribution in [0.5, 0.6) is 11.5 Å². The summed E-state index contributed by atoms with van der Waals surface area (Å²) in [6.45, 7) is 3.81. The van der Waals surface area contributed by atoms with Crippen molar-refractivity contribution >= 4 is 17.2 Å². The number of ether oxygens (including phenoxy) is 2. The summed E-state index contributed by atoms with van der Waals surface area (Å²) in [7, 11) is 3.23. The molecule has 0 saturated carbocycles. The highest BCUT2D eigenvalue weighted by atomic mass is 32.1. The summed E-state index contributed by atoms with van der Waals surface area (Å²) >= 11 is 1.52. The topological polar surface area (TPSA) is 63.7 Å². The Morgan fingerprint density at radius 3 is 2.56 bits per heavy atom. The molecular formula is C25H29N3O3S. The Morgan fingerprint density at radius 1 is 1.06 bits per heavy atom. The first-order valence-corrected chi connectivity index (χ1v) is 11.8. The van der Waals surface area contributed by atoms with Crippen molar-refractivity contribution in [3.8, 4) is 22.1 Å². The molecule has 0 aliphatic carbocycles. The second-order valence-corrected chi connectivity index (χ2v) is 8.78. The number of aromatic nitrogens is 1. The molecule has 1 aliphatic rings. The third-order valence-corrected chi connectivity index (χ3v) is 6.65. The Bertz CT molecular complexity index is 1060. The van der Waals surface area contributed by atoms with Crippen molar-refractivity contribution in [2.24, 2.45) is 0 Å². The van der Waals surface area contributed by atoms with E-state index >= 15 is 0 Å². The summed E-state index contributed by atoms with van der Waals surface area (Å²) in [6, 6.07) is 14.1. The van der Waals surface area contributed by atoms with E-state index in [1.165, 1.54) is 35.3 Å². The predicted octanol–water partition coefficient (Wildman–Crippen LogP) is 4.28. The molecule has 1 fully saturated rings. The molecule has 6 nitrogen and oxygen atoms in total. The van der Waals surface area contributed by atoms with Crippen LogP contribution in [-0.4, -0.2) is 43.1 Å². The number of benzene rings is 2. The van der Waals surface area contributed by atoms with Crippen LogP contribution >= 0.6 is 11.3 Å². The van der Waals surface area contributed by atoms with Gasteiger partial charge in [-0.15, -0.1) is 11.3 Å². The number of nitrogens with zero attached hydrogens (tertiary/aromatic N) is 2. The molecule has 168 valence electrons. The molecule has 7 heteroatoms. The van der Waals surface area contributed by atoms with Gasteiger partial charge in [0.2, 0.25) is 5.91 Å². The van der Waals surface area contributed by atoms with Gasteiger partial charge in [-0.25, -0.2) is 4.98 Å². The van der Waals surface area contributed by atoms with Crippen LogP contribution in [0.4, 0.5) is 0 Å². The van der Waals surface area contributed by atoms with Gasteiger partial charge in [-0.05, 0) is 55.3 Å². The number of amides is 1. The lowest BCUT2D eigenvalue weighted by molar-refractivity contribution is -0.120. The molecule has 1 amide bonds.